The number of pyridine rings is 1. The van der Waals surface area contributed by atoms with Crippen molar-refractivity contribution in [2.75, 3.05) is 17.2 Å². The van der Waals surface area contributed by atoms with Crippen molar-refractivity contribution in [3.05, 3.63) is 76.9 Å². The van der Waals surface area contributed by atoms with Crippen LogP contribution in [0.3, 0.4) is 0 Å². The Morgan fingerprint density at radius 2 is 1.85 bits per heavy atom. The second-order valence-electron chi connectivity index (χ2n) is 5.33. The lowest BCUT2D eigenvalue weighted by Gasteiger charge is -2.10. The van der Waals surface area contributed by atoms with E-state index in [9.17, 15) is 4.79 Å². The smallest absolute Gasteiger partial charge is 0.262 e. The highest BCUT2D eigenvalue weighted by molar-refractivity contribution is 6.36. The van der Waals surface area contributed by atoms with E-state index in [0.717, 1.165) is 0 Å². The number of halogens is 2. The largest absolute Gasteiger partial charge is 0.484 e. The molecule has 1 aromatic heterocycles. The van der Waals surface area contributed by atoms with Gasteiger partial charge < -0.3 is 15.4 Å². The first-order valence-electron chi connectivity index (χ1n) is 7.76. The molecule has 2 N–H and O–H groups in total. The second-order valence-corrected chi connectivity index (χ2v) is 6.17. The Bertz CT molecular complexity index is 887. The Labute approximate surface area is 160 Å². The van der Waals surface area contributed by atoms with Gasteiger partial charge >= 0.3 is 0 Å². The Balaban J connectivity index is 1.54. The molecule has 1 amide bonds. The summed E-state index contributed by atoms with van der Waals surface area (Å²) in [6.07, 6.45) is 1.55. The maximum Gasteiger partial charge on any atom is 0.262 e. The number of nitrogens with one attached hydrogen (secondary N) is 2. The van der Waals surface area contributed by atoms with Gasteiger partial charge in [0, 0.05) is 5.02 Å². The molecule has 2 aromatic carbocycles. The van der Waals surface area contributed by atoms with Crippen LogP contribution in [0.4, 0.5) is 17.2 Å². The third-order valence-corrected chi connectivity index (χ3v) is 3.90. The molecule has 0 saturated carbocycles. The summed E-state index contributed by atoms with van der Waals surface area (Å²) in [5.74, 6) is 0.963. The van der Waals surface area contributed by atoms with Gasteiger partial charge in [0.25, 0.3) is 5.91 Å². The molecule has 0 bridgehead atoms. The van der Waals surface area contributed by atoms with E-state index >= 15 is 0 Å². The second kappa shape index (κ2) is 8.56. The van der Waals surface area contributed by atoms with Crippen LogP contribution in [-0.4, -0.2) is 17.5 Å². The molecule has 0 radical (unpaired) electrons. The summed E-state index contributed by atoms with van der Waals surface area (Å²) in [5, 5.41) is 6.87. The molecule has 0 atom stereocenters. The van der Waals surface area contributed by atoms with E-state index in [1.54, 1.807) is 48.7 Å². The molecule has 132 valence electrons. The fourth-order valence-electron chi connectivity index (χ4n) is 2.13. The zero-order chi connectivity index (χ0) is 18.4. The number of amides is 1. The van der Waals surface area contributed by atoms with Crippen molar-refractivity contribution >= 4 is 46.3 Å². The molecule has 0 aliphatic heterocycles. The number of benzene rings is 2. The summed E-state index contributed by atoms with van der Waals surface area (Å²) in [6.45, 7) is -0.0790. The van der Waals surface area contributed by atoms with E-state index in [-0.39, 0.29) is 12.5 Å². The number of aromatic nitrogens is 1. The van der Waals surface area contributed by atoms with E-state index in [2.05, 4.69) is 15.6 Å². The summed E-state index contributed by atoms with van der Waals surface area (Å²) in [5.41, 5.74) is 1.26. The Hall–Kier alpha value is -2.76. The van der Waals surface area contributed by atoms with Gasteiger partial charge in [0.15, 0.2) is 6.61 Å². The highest BCUT2D eigenvalue weighted by atomic mass is 35.5. The number of carbonyl (C=O) groups is 1. The van der Waals surface area contributed by atoms with Crippen LogP contribution in [0.15, 0.2) is 66.9 Å². The minimum Gasteiger partial charge on any atom is -0.484 e. The van der Waals surface area contributed by atoms with E-state index in [1.165, 1.54) is 0 Å². The molecule has 1 heterocycles. The van der Waals surface area contributed by atoms with Gasteiger partial charge in [0.05, 0.1) is 22.6 Å². The third kappa shape index (κ3) is 5.12. The third-order valence-electron chi connectivity index (χ3n) is 3.35. The molecular weight excluding hydrogens is 373 g/mol. The molecule has 0 aliphatic carbocycles. The summed E-state index contributed by atoms with van der Waals surface area (Å²) in [7, 11) is 0. The van der Waals surface area contributed by atoms with Crippen LogP contribution in [0.5, 0.6) is 5.75 Å². The van der Waals surface area contributed by atoms with Crippen molar-refractivity contribution in [3.8, 4) is 5.75 Å². The maximum absolute atomic E-state index is 11.9. The lowest BCUT2D eigenvalue weighted by Crippen LogP contribution is -2.20. The molecule has 3 rings (SSSR count). The Morgan fingerprint density at radius 1 is 1.04 bits per heavy atom. The van der Waals surface area contributed by atoms with Gasteiger partial charge in [-0.05, 0) is 42.5 Å². The first-order valence-corrected chi connectivity index (χ1v) is 8.51. The number of rotatable bonds is 6. The number of nitrogens with zero attached hydrogens (tertiary/aromatic N) is 1. The molecule has 0 aliphatic rings. The number of hydrogen-bond acceptors (Lipinski definition) is 4. The standard InChI is InChI=1S/C19H15Cl2N3O2/c20-13-6-8-17(16(21)10-13)24-18-9-7-14(11-22-18)23-19(25)12-26-15-4-2-1-3-5-15/h1-11H,12H2,(H,22,24)(H,23,25). The zero-order valence-corrected chi connectivity index (χ0v) is 15.1. The molecule has 5 nitrogen and oxygen atoms in total. The molecule has 0 spiro atoms. The number of carbonyl (C=O) groups excluding carboxylic acids is 1. The number of anilines is 3. The maximum atomic E-state index is 11.9. The van der Waals surface area contributed by atoms with Gasteiger partial charge in [-0.1, -0.05) is 41.4 Å². The van der Waals surface area contributed by atoms with Gasteiger partial charge in [-0.25, -0.2) is 4.98 Å². The van der Waals surface area contributed by atoms with Crippen molar-refractivity contribution in [1.29, 1.82) is 0 Å². The van der Waals surface area contributed by atoms with Crippen LogP contribution in [-0.2, 0) is 4.79 Å². The summed E-state index contributed by atoms with van der Waals surface area (Å²) < 4.78 is 5.40. The SMILES string of the molecule is O=C(COc1ccccc1)Nc1ccc(Nc2ccc(Cl)cc2Cl)nc1. The number of hydrogen-bond donors (Lipinski definition) is 2. The topological polar surface area (TPSA) is 63.2 Å². The van der Waals surface area contributed by atoms with Crippen LogP contribution in [0.2, 0.25) is 10.0 Å². The molecule has 0 unspecified atom stereocenters. The molecule has 7 heteroatoms. The van der Waals surface area contributed by atoms with Crippen molar-refractivity contribution in [3.63, 3.8) is 0 Å². The Morgan fingerprint density at radius 3 is 2.54 bits per heavy atom. The van der Waals surface area contributed by atoms with Crippen molar-refractivity contribution < 1.29 is 9.53 Å². The molecule has 0 saturated heterocycles. The normalized spacial score (nSPS) is 10.2. The zero-order valence-electron chi connectivity index (χ0n) is 13.6. The summed E-state index contributed by atoms with van der Waals surface area (Å²) >= 11 is 12.0. The van der Waals surface area contributed by atoms with E-state index < -0.39 is 0 Å². The highest BCUT2D eigenvalue weighted by Crippen LogP contribution is 2.27. The number of para-hydroxylation sites is 1. The lowest BCUT2D eigenvalue weighted by atomic mass is 10.3. The monoisotopic (exact) mass is 387 g/mol. The van der Waals surface area contributed by atoms with Crippen molar-refractivity contribution in [2.45, 2.75) is 0 Å². The van der Waals surface area contributed by atoms with Crippen LogP contribution in [0, 0.1) is 0 Å². The van der Waals surface area contributed by atoms with Crippen LogP contribution >= 0.6 is 23.2 Å². The van der Waals surface area contributed by atoms with E-state index in [4.69, 9.17) is 27.9 Å². The van der Waals surface area contributed by atoms with Gasteiger partial charge in [-0.3, -0.25) is 4.79 Å². The van der Waals surface area contributed by atoms with Gasteiger partial charge in [0.1, 0.15) is 11.6 Å². The van der Waals surface area contributed by atoms with Gasteiger partial charge in [-0.2, -0.15) is 0 Å². The summed E-state index contributed by atoms with van der Waals surface area (Å²) in [4.78, 5) is 16.2. The highest BCUT2D eigenvalue weighted by Gasteiger charge is 2.06. The molecule has 3 aromatic rings. The number of ether oxygens (including phenoxy) is 1. The lowest BCUT2D eigenvalue weighted by molar-refractivity contribution is -0.118. The average molecular weight is 388 g/mol. The fraction of sp³-hybridized carbons (Fsp3) is 0.0526. The predicted octanol–water partition coefficient (Wildman–Crippen LogP) is 5.15. The van der Waals surface area contributed by atoms with Crippen LogP contribution < -0.4 is 15.4 Å². The molecule has 26 heavy (non-hydrogen) atoms. The van der Waals surface area contributed by atoms with E-state index in [0.29, 0.717) is 33.0 Å². The van der Waals surface area contributed by atoms with Crippen LogP contribution in [0.25, 0.3) is 0 Å². The molecular formula is C19H15Cl2N3O2. The summed E-state index contributed by atoms with van der Waals surface area (Å²) in [6, 6.07) is 17.8. The fourth-order valence-corrected chi connectivity index (χ4v) is 2.59. The minimum atomic E-state index is -0.267. The first-order chi connectivity index (χ1) is 12.6. The Kier molecular flexibility index (Phi) is 5.94. The predicted molar refractivity (Wildman–Crippen MR) is 105 cm³/mol. The molecule has 0 fully saturated rings. The van der Waals surface area contributed by atoms with E-state index in [1.807, 2.05) is 18.2 Å². The van der Waals surface area contributed by atoms with Gasteiger partial charge in [-0.15, -0.1) is 0 Å². The first kappa shape index (κ1) is 18.0. The minimum absolute atomic E-state index is 0.0790. The van der Waals surface area contributed by atoms with Crippen molar-refractivity contribution in [2.24, 2.45) is 0 Å². The van der Waals surface area contributed by atoms with Crippen molar-refractivity contribution in [1.82, 2.24) is 4.98 Å². The average Bonchev–Trinajstić information content (AvgIpc) is 2.65. The quantitative estimate of drug-likeness (QED) is 0.613. The van der Waals surface area contributed by atoms with Crippen LogP contribution in [0.1, 0.15) is 0 Å². The van der Waals surface area contributed by atoms with Gasteiger partial charge in [0.2, 0.25) is 0 Å².